The van der Waals surface area contributed by atoms with E-state index in [0.29, 0.717) is 0 Å². The van der Waals surface area contributed by atoms with E-state index < -0.39 is 11.8 Å². The van der Waals surface area contributed by atoms with Crippen molar-refractivity contribution < 1.29 is 18.3 Å². The highest BCUT2D eigenvalue weighted by atomic mass is 19.4. The van der Waals surface area contributed by atoms with Gasteiger partial charge in [-0.1, -0.05) is 0 Å². The summed E-state index contributed by atoms with van der Waals surface area (Å²) in [6.45, 7) is 1.85. The van der Waals surface area contributed by atoms with E-state index >= 15 is 0 Å². The van der Waals surface area contributed by atoms with Gasteiger partial charge >= 0.3 is 6.18 Å². The van der Waals surface area contributed by atoms with Gasteiger partial charge in [0.1, 0.15) is 0 Å². The largest absolute Gasteiger partial charge is 0.417 e. The van der Waals surface area contributed by atoms with E-state index in [0.717, 1.165) is 0 Å². The average Bonchev–Trinajstić information content (AvgIpc) is 1.83. The van der Waals surface area contributed by atoms with Gasteiger partial charge in [-0.2, -0.15) is 13.2 Å². The number of halogens is 3. The highest BCUT2D eigenvalue weighted by molar-refractivity contribution is 4.93. The van der Waals surface area contributed by atoms with E-state index in [-0.39, 0.29) is 25.4 Å². The van der Waals surface area contributed by atoms with E-state index in [4.69, 9.17) is 0 Å². The number of alkyl halides is 3. The molecule has 0 aromatic heterocycles. The Labute approximate surface area is 68.8 Å². The molecule has 0 spiro atoms. The molecule has 1 rings (SSSR count). The van der Waals surface area contributed by atoms with Crippen LogP contribution in [0.25, 0.3) is 0 Å². The summed E-state index contributed by atoms with van der Waals surface area (Å²) in [5.74, 6) is 0. The third-order valence-electron chi connectivity index (χ3n) is 2.20. The van der Waals surface area contributed by atoms with Gasteiger partial charge in [-0.25, -0.2) is 0 Å². The first-order valence-corrected chi connectivity index (χ1v) is 3.88. The van der Waals surface area contributed by atoms with Crippen LogP contribution in [-0.2, 0) is 0 Å². The summed E-state index contributed by atoms with van der Waals surface area (Å²) in [6, 6.07) is -0.273. The number of nitrogens with one attached hydrogen (secondary N) is 1. The molecule has 0 aromatic carbocycles. The van der Waals surface area contributed by atoms with E-state index in [1.54, 1.807) is 6.92 Å². The van der Waals surface area contributed by atoms with Crippen molar-refractivity contribution in [3.63, 3.8) is 0 Å². The zero-order chi connectivity index (χ0) is 9.41. The highest BCUT2D eigenvalue weighted by Crippen LogP contribution is 2.37. The first-order valence-electron chi connectivity index (χ1n) is 3.88. The third kappa shape index (κ3) is 1.72. The van der Waals surface area contributed by atoms with E-state index in [2.05, 4.69) is 5.32 Å². The Morgan fingerprint density at radius 2 is 2.08 bits per heavy atom. The number of hydrogen-bond acceptors (Lipinski definition) is 2. The van der Waals surface area contributed by atoms with Gasteiger partial charge in [0.05, 0.1) is 0 Å². The normalized spacial score (nSPS) is 38.2. The minimum Gasteiger partial charge on any atom is -0.380 e. The van der Waals surface area contributed by atoms with Crippen molar-refractivity contribution in [1.82, 2.24) is 5.32 Å². The minimum absolute atomic E-state index is 0.219. The van der Waals surface area contributed by atoms with Gasteiger partial charge in [0, 0.05) is 12.5 Å². The van der Waals surface area contributed by atoms with Crippen LogP contribution in [0.5, 0.6) is 0 Å². The number of aliphatic hydroxyl groups is 1. The fourth-order valence-corrected chi connectivity index (χ4v) is 1.46. The van der Waals surface area contributed by atoms with E-state index in [9.17, 15) is 18.3 Å². The first-order chi connectivity index (χ1) is 5.35. The molecular formula is C7H12F3NO. The molecule has 0 aliphatic carbocycles. The minimum atomic E-state index is -4.50. The molecule has 0 bridgehead atoms. The number of rotatable bonds is 0. The van der Waals surface area contributed by atoms with Gasteiger partial charge < -0.3 is 10.4 Å². The van der Waals surface area contributed by atoms with Crippen LogP contribution < -0.4 is 5.32 Å². The van der Waals surface area contributed by atoms with E-state index in [1.807, 2.05) is 0 Å². The van der Waals surface area contributed by atoms with E-state index in [1.165, 1.54) is 0 Å². The molecule has 0 saturated carbocycles. The summed E-state index contributed by atoms with van der Waals surface area (Å²) < 4.78 is 36.7. The maximum atomic E-state index is 12.2. The Kier molecular flexibility index (Phi) is 2.35. The van der Waals surface area contributed by atoms with Crippen LogP contribution in [0, 0.1) is 0 Å². The molecule has 0 radical (unpaired) electrons. The number of hydrogen-bond donors (Lipinski definition) is 2. The molecule has 72 valence electrons. The molecule has 2 atom stereocenters. The zero-order valence-corrected chi connectivity index (χ0v) is 6.78. The Balaban J connectivity index is 2.70. The molecule has 5 heteroatoms. The lowest BCUT2D eigenvalue weighted by Gasteiger charge is -2.37. The van der Waals surface area contributed by atoms with Crippen LogP contribution in [0.4, 0.5) is 13.2 Å². The second-order valence-corrected chi connectivity index (χ2v) is 3.34. The molecule has 2 unspecified atom stereocenters. The standard InChI is InChI=1S/C7H12F3NO/c1-5-4-6(12,2-3-11-5)7(8,9)10/h5,11-12H,2-4H2,1H3. The maximum Gasteiger partial charge on any atom is 0.417 e. The molecular weight excluding hydrogens is 171 g/mol. The molecule has 0 amide bonds. The SMILES string of the molecule is CC1CC(O)(C(F)(F)F)CCN1. The third-order valence-corrected chi connectivity index (χ3v) is 2.20. The Morgan fingerprint density at radius 1 is 1.50 bits per heavy atom. The number of piperidine rings is 1. The molecule has 0 aromatic rings. The van der Waals surface area contributed by atoms with Crippen LogP contribution >= 0.6 is 0 Å². The Morgan fingerprint density at radius 3 is 2.42 bits per heavy atom. The van der Waals surface area contributed by atoms with Gasteiger partial charge in [0.15, 0.2) is 5.60 Å². The summed E-state index contributed by atoms with van der Waals surface area (Å²) in [5.41, 5.74) is -2.47. The van der Waals surface area contributed by atoms with Crippen molar-refractivity contribution in [2.75, 3.05) is 6.54 Å². The van der Waals surface area contributed by atoms with Crippen molar-refractivity contribution in [2.45, 2.75) is 37.6 Å². The lowest BCUT2D eigenvalue weighted by molar-refractivity contribution is -0.270. The fourth-order valence-electron chi connectivity index (χ4n) is 1.46. The lowest BCUT2D eigenvalue weighted by Crippen LogP contribution is -2.55. The molecule has 1 fully saturated rings. The Hall–Kier alpha value is -0.290. The summed E-state index contributed by atoms with van der Waals surface area (Å²) in [5, 5.41) is 12.1. The molecule has 1 aliphatic heterocycles. The van der Waals surface area contributed by atoms with Crippen molar-refractivity contribution in [1.29, 1.82) is 0 Å². The molecule has 12 heavy (non-hydrogen) atoms. The smallest absolute Gasteiger partial charge is 0.380 e. The van der Waals surface area contributed by atoms with Crippen LogP contribution in [0.1, 0.15) is 19.8 Å². The van der Waals surface area contributed by atoms with Crippen molar-refractivity contribution in [3.05, 3.63) is 0 Å². The van der Waals surface area contributed by atoms with Crippen LogP contribution in [0.2, 0.25) is 0 Å². The molecule has 2 N–H and O–H groups in total. The second kappa shape index (κ2) is 2.88. The van der Waals surface area contributed by atoms with Gasteiger partial charge in [-0.05, 0) is 19.9 Å². The summed E-state index contributed by atoms with van der Waals surface area (Å²) >= 11 is 0. The zero-order valence-electron chi connectivity index (χ0n) is 6.78. The topological polar surface area (TPSA) is 32.3 Å². The summed E-state index contributed by atoms with van der Waals surface area (Å²) in [6.07, 6.45) is -5.00. The van der Waals surface area contributed by atoms with Crippen LogP contribution in [0.3, 0.4) is 0 Å². The summed E-state index contributed by atoms with van der Waals surface area (Å²) in [4.78, 5) is 0. The quantitative estimate of drug-likeness (QED) is 0.588. The van der Waals surface area contributed by atoms with Gasteiger partial charge in [0.2, 0.25) is 0 Å². The molecule has 1 aliphatic rings. The summed E-state index contributed by atoms with van der Waals surface area (Å²) in [7, 11) is 0. The van der Waals surface area contributed by atoms with Gasteiger partial charge in [-0.3, -0.25) is 0 Å². The second-order valence-electron chi connectivity index (χ2n) is 3.34. The monoisotopic (exact) mass is 183 g/mol. The maximum absolute atomic E-state index is 12.2. The first kappa shape index (κ1) is 9.80. The van der Waals surface area contributed by atoms with Crippen molar-refractivity contribution in [2.24, 2.45) is 0 Å². The van der Waals surface area contributed by atoms with Crippen molar-refractivity contribution in [3.8, 4) is 0 Å². The molecule has 2 nitrogen and oxygen atoms in total. The predicted octanol–water partition coefficient (Wildman–Crippen LogP) is 1.05. The Bertz CT molecular complexity index is 171. The fraction of sp³-hybridized carbons (Fsp3) is 1.00. The van der Waals surface area contributed by atoms with Crippen LogP contribution in [0.15, 0.2) is 0 Å². The van der Waals surface area contributed by atoms with Gasteiger partial charge in [0.25, 0.3) is 0 Å². The molecule has 1 heterocycles. The lowest BCUT2D eigenvalue weighted by atomic mass is 9.88. The highest BCUT2D eigenvalue weighted by Gasteiger charge is 2.54. The average molecular weight is 183 g/mol. The van der Waals surface area contributed by atoms with Crippen molar-refractivity contribution >= 4 is 0 Å². The van der Waals surface area contributed by atoms with Gasteiger partial charge in [-0.15, -0.1) is 0 Å². The van der Waals surface area contributed by atoms with Crippen LogP contribution in [-0.4, -0.2) is 29.5 Å². The predicted molar refractivity (Wildman–Crippen MR) is 37.7 cm³/mol. The molecule has 1 saturated heterocycles.